The van der Waals surface area contributed by atoms with Gasteiger partial charge in [0, 0.05) is 24.8 Å². The van der Waals surface area contributed by atoms with Gasteiger partial charge in [0.1, 0.15) is 0 Å². The second-order valence-corrected chi connectivity index (χ2v) is 4.94. The van der Waals surface area contributed by atoms with E-state index in [0.29, 0.717) is 6.04 Å². The topological polar surface area (TPSA) is 29.9 Å². The molecule has 2 rings (SSSR count). The minimum Gasteiger partial charge on any atom is -0.310 e. The standard InChI is InChI=1S/C16H23N3/c1-5-16(17-6-2)14-9-7-13(8-10-14)15-11-19(4)18-12(15)3/h7-11,16-17H,5-6H2,1-4H3. The summed E-state index contributed by atoms with van der Waals surface area (Å²) in [6.07, 6.45) is 3.19. The Kier molecular flexibility index (Phi) is 4.38. The summed E-state index contributed by atoms with van der Waals surface area (Å²) in [5.74, 6) is 0. The molecule has 1 aromatic heterocycles. The van der Waals surface area contributed by atoms with Crippen molar-refractivity contribution in [2.75, 3.05) is 6.54 Å². The molecule has 0 aliphatic rings. The SMILES string of the molecule is CCNC(CC)c1ccc(-c2cn(C)nc2C)cc1. The number of benzene rings is 1. The maximum absolute atomic E-state index is 4.39. The van der Waals surface area contributed by atoms with Crippen LogP contribution in [0.15, 0.2) is 30.5 Å². The third-order valence-electron chi connectivity index (χ3n) is 3.50. The Bertz CT molecular complexity index is 525. The van der Waals surface area contributed by atoms with Gasteiger partial charge in [-0.1, -0.05) is 38.1 Å². The lowest BCUT2D eigenvalue weighted by Crippen LogP contribution is -2.19. The lowest BCUT2D eigenvalue weighted by Gasteiger charge is -2.16. The van der Waals surface area contributed by atoms with Crippen LogP contribution in [-0.2, 0) is 7.05 Å². The zero-order chi connectivity index (χ0) is 13.8. The zero-order valence-corrected chi connectivity index (χ0v) is 12.3. The van der Waals surface area contributed by atoms with Crippen LogP contribution in [0, 0.1) is 6.92 Å². The lowest BCUT2D eigenvalue weighted by molar-refractivity contribution is 0.537. The average molecular weight is 257 g/mol. The minimum absolute atomic E-state index is 0.453. The molecule has 0 amide bonds. The van der Waals surface area contributed by atoms with E-state index in [2.05, 4.69) is 61.6 Å². The van der Waals surface area contributed by atoms with Crippen molar-refractivity contribution in [3.8, 4) is 11.1 Å². The van der Waals surface area contributed by atoms with Gasteiger partial charge >= 0.3 is 0 Å². The van der Waals surface area contributed by atoms with Gasteiger partial charge in [0.2, 0.25) is 0 Å². The molecule has 0 radical (unpaired) electrons. The van der Waals surface area contributed by atoms with Gasteiger partial charge in [-0.2, -0.15) is 5.10 Å². The summed E-state index contributed by atoms with van der Waals surface area (Å²) in [5.41, 5.74) is 4.88. The highest BCUT2D eigenvalue weighted by atomic mass is 15.2. The molecule has 0 bridgehead atoms. The first-order valence-electron chi connectivity index (χ1n) is 6.99. The van der Waals surface area contributed by atoms with E-state index >= 15 is 0 Å². The van der Waals surface area contributed by atoms with Crippen molar-refractivity contribution in [3.05, 3.63) is 41.7 Å². The van der Waals surface area contributed by atoms with Crippen molar-refractivity contribution in [1.29, 1.82) is 0 Å². The fraction of sp³-hybridized carbons (Fsp3) is 0.438. The van der Waals surface area contributed by atoms with Gasteiger partial charge in [-0.05, 0) is 31.0 Å². The van der Waals surface area contributed by atoms with Gasteiger partial charge in [-0.15, -0.1) is 0 Å². The first-order valence-corrected chi connectivity index (χ1v) is 6.99. The molecule has 1 unspecified atom stereocenters. The quantitative estimate of drug-likeness (QED) is 0.889. The normalized spacial score (nSPS) is 12.6. The fourth-order valence-electron chi connectivity index (χ4n) is 2.52. The van der Waals surface area contributed by atoms with Crippen LogP contribution in [-0.4, -0.2) is 16.3 Å². The summed E-state index contributed by atoms with van der Waals surface area (Å²) in [6.45, 7) is 7.42. The molecule has 2 aromatic rings. The molecular weight excluding hydrogens is 234 g/mol. The van der Waals surface area contributed by atoms with Gasteiger partial charge in [0.15, 0.2) is 0 Å². The molecule has 0 aliphatic carbocycles. The molecule has 0 fully saturated rings. The van der Waals surface area contributed by atoms with Crippen molar-refractivity contribution in [3.63, 3.8) is 0 Å². The summed E-state index contributed by atoms with van der Waals surface area (Å²) in [5, 5.41) is 7.90. The van der Waals surface area contributed by atoms with Crippen molar-refractivity contribution in [2.24, 2.45) is 7.05 Å². The Morgan fingerprint density at radius 2 is 1.89 bits per heavy atom. The molecule has 1 N–H and O–H groups in total. The molecule has 0 saturated heterocycles. The highest BCUT2D eigenvalue weighted by Gasteiger charge is 2.09. The van der Waals surface area contributed by atoms with E-state index in [1.165, 1.54) is 16.7 Å². The van der Waals surface area contributed by atoms with Crippen molar-refractivity contribution < 1.29 is 0 Å². The predicted octanol–water partition coefficient (Wildman–Crippen LogP) is 3.46. The maximum atomic E-state index is 4.39. The second-order valence-electron chi connectivity index (χ2n) is 4.94. The molecule has 3 heteroatoms. The summed E-state index contributed by atoms with van der Waals surface area (Å²) in [6, 6.07) is 9.28. The van der Waals surface area contributed by atoms with Crippen LogP contribution in [0.1, 0.15) is 37.6 Å². The van der Waals surface area contributed by atoms with E-state index in [-0.39, 0.29) is 0 Å². The van der Waals surface area contributed by atoms with Crippen molar-refractivity contribution >= 4 is 0 Å². The van der Waals surface area contributed by atoms with Crippen molar-refractivity contribution in [2.45, 2.75) is 33.2 Å². The van der Waals surface area contributed by atoms with Crippen molar-refractivity contribution in [1.82, 2.24) is 15.1 Å². The summed E-state index contributed by atoms with van der Waals surface area (Å²) in [7, 11) is 1.96. The number of aryl methyl sites for hydroxylation is 2. The number of aromatic nitrogens is 2. The summed E-state index contributed by atoms with van der Waals surface area (Å²) >= 11 is 0. The van der Waals surface area contributed by atoms with Gasteiger partial charge in [-0.25, -0.2) is 0 Å². The van der Waals surface area contributed by atoms with Gasteiger partial charge in [0.05, 0.1) is 5.69 Å². The van der Waals surface area contributed by atoms with Gasteiger partial charge < -0.3 is 5.32 Å². The number of nitrogens with zero attached hydrogens (tertiary/aromatic N) is 2. The largest absolute Gasteiger partial charge is 0.310 e. The molecule has 102 valence electrons. The van der Waals surface area contributed by atoms with E-state index in [4.69, 9.17) is 0 Å². The number of hydrogen-bond donors (Lipinski definition) is 1. The Hall–Kier alpha value is -1.61. The third-order valence-corrected chi connectivity index (χ3v) is 3.50. The van der Waals surface area contributed by atoms with E-state index < -0.39 is 0 Å². The predicted molar refractivity (Wildman–Crippen MR) is 80.1 cm³/mol. The molecule has 1 atom stereocenters. The van der Waals surface area contributed by atoms with E-state index in [0.717, 1.165) is 18.7 Å². The zero-order valence-electron chi connectivity index (χ0n) is 12.3. The Morgan fingerprint density at radius 1 is 1.21 bits per heavy atom. The molecule has 1 heterocycles. The first kappa shape index (κ1) is 13.8. The maximum Gasteiger partial charge on any atom is 0.0671 e. The Labute approximate surface area is 115 Å². The number of rotatable bonds is 5. The number of nitrogens with one attached hydrogen (secondary N) is 1. The molecule has 1 aromatic carbocycles. The van der Waals surface area contributed by atoms with E-state index in [1.807, 2.05) is 11.7 Å². The first-order chi connectivity index (χ1) is 9.15. The van der Waals surface area contributed by atoms with Crippen LogP contribution in [0.5, 0.6) is 0 Å². The van der Waals surface area contributed by atoms with Crippen LogP contribution < -0.4 is 5.32 Å². The fourth-order valence-corrected chi connectivity index (χ4v) is 2.52. The number of hydrogen-bond acceptors (Lipinski definition) is 2. The monoisotopic (exact) mass is 257 g/mol. The van der Waals surface area contributed by atoms with Gasteiger partial charge in [0.25, 0.3) is 0 Å². The van der Waals surface area contributed by atoms with Crippen LogP contribution in [0.4, 0.5) is 0 Å². The van der Waals surface area contributed by atoms with E-state index in [1.54, 1.807) is 0 Å². The molecule has 3 nitrogen and oxygen atoms in total. The van der Waals surface area contributed by atoms with Crippen LogP contribution in [0.2, 0.25) is 0 Å². The molecule has 0 saturated carbocycles. The Morgan fingerprint density at radius 3 is 2.37 bits per heavy atom. The highest BCUT2D eigenvalue weighted by Crippen LogP contribution is 2.25. The lowest BCUT2D eigenvalue weighted by atomic mass is 10.00. The van der Waals surface area contributed by atoms with E-state index in [9.17, 15) is 0 Å². The summed E-state index contributed by atoms with van der Waals surface area (Å²) in [4.78, 5) is 0. The average Bonchev–Trinajstić information content (AvgIpc) is 2.75. The second kappa shape index (κ2) is 6.02. The van der Waals surface area contributed by atoms with Gasteiger partial charge in [-0.3, -0.25) is 4.68 Å². The van der Waals surface area contributed by atoms with Crippen LogP contribution >= 0.6 is 0 Å². The van der Waals surface area contributed by atoms with Crippen LogP contribution in [0.3, 0.4) is 0 Å². The minimum atomic E-state index is 0.453. The molecule has 19 heavy (non-hydrogen) atoms. The summed E-state index contributed by atoms with van der Waals surface area (Å²) < 4.78 is 1.87. The Balaban J connectivity index is 2.25. The highest BCUT2D eigenvalue weighted by molar-refractivity contribution is 5.65. The smallest absolute Gasteiger partial charge is 0.0671 e. The molecule has 0 spiro atoms. The molecule has 0 aliphatic heterocycles. The van der Waals surface area contributed by atoms with Crippen LogP contribution in [0.25, 0.3) is 11.1 Å². The third kappa shape index (κ3) is 3.04. The molecular formula is C16H23N3.